The summed E-state index contributed by atoms with van der Waals surface area (Å²) in [6.45, 7) is 3.07. The Bertz CT molecular complexity index is 763. The molecule has 0 saturated carbocycles. The van der Waals surface area contributed by atoms with Crippen LogP contribution < -0.4 is 5.32 Å². The van der Waals surface area contributed by atoms with E-state index in [-0.39, 0.29) is 5.56 Å². The molecule has 0 bridgehead atoms. The third-order valence-electron chi connectivity index (χ3n) is 4.20. The molecule has 1 heterocycles. The number of hydrogen-bond acceptors (Lipinski definition) is 2. The van der Waals surface area contributed by atoms with Crippen LogP contribution in [0.2, 0.25) is 0 Å². The minimum atomic E-state index is -0.698. The molecule has 130 valence electrons. The summed E-state index contributed by atoms with van der Waals surface area (Å²) in [6.07, 6.45) is 4.74. The topological polar surface area (TPSA) is 32.3 Å². The summed E-state index contributed by atoms with van der Waals surface area (Å²) >= 11 is 0. The van der Waals surface area contributed by atoms with Crippen molar-refractivity contribution >= 4 is 17.7 Å². The second-order valence-corrected chi connectivity index (χ2v) is 6.14. The third-order valence-corrected chi connectivity index (χ3v) is 4.20. The highest BCUT2D eigenvalue weighted by Crippen LogP contribution is 2.17. The Morgan fingerprint density at radius 2 is 1.76 bits per heavy atom. The molecule has 0 atom stereocenters. The second-order valence-electron chi connectivity index (χ2n) is 6.14. The summed E-state index contributed by atoms with van der Waals surface area (Å²) < 4.78 is 27.1. The number of amides is 1. The zero-order valence-corrected chi connectivity index (χ0v) is 13.8. The maximum absolute atomic E-state index is 13.5. The molecular weight excluding hydrogens is 322 g/mol. The van der Waals surface area contributed by atoms with Gasteiger partial charge in [-0.05, 0) is 61.8 Å². The van der Waals surface area contributed by atoms with Crippen molar-refractivity contribution in [3.05, 3.63) is 71.3 Å². The van der Waals surface area contributed by atoms with Crippen molar-refractivity contribution in [1.29, 1.82) is 0 Å². The van der Waals surface area contributed by atoms with Crippen LogP contribution in [0, 0.1) is 11.6 Å². The first-order chi connectivity index (χ1) is 12.1. The lowest BCUT2D eigenvalue weighted by Gasteiger charge is -2.15. The number of carbonyl (C=O) groups is 1. The first kappa shape index (κ1) is 17.3. The molecule has 1 amide bonds. The van der Waals surface area contributed by atoms with Crippen LogP contribution in [0.5, 0.6) is 0 Å². The smallest absolute Gasteiger partial charge is 0.248 e. The van der Waals surface area contributed by atoms with Crippen LogP contribution in [-0.4, -0.2) is 23.9 Å². The summed E-state index contributed by atoms with van der Waals surface area (Å²) in [5.41, 5.74) is 1.57. The van der Waals surface area contributed by atoms with Crippen molar-refractivity contribution in [2.45, 2.75) is 19.4 Å². The lowest BCUT2D eigenvalue weighted by Crippen LogP contribution is -2.18. The summed E-state index contributed by atoms with van der Waals surface area (Å²) in [4.78, 5) is 14.4. The van der Waals surface area contributed by atoms with Gasteiger partial charge in [0.05, 0.1) is 0 Å². The van der Waals surface area contributed by atoms with Crippen LogP contribution in [0.25, 0.3) is 6.08 Å². The molecule has 3 rings (SSSR count). The van der Waals surface area contributed by atoms with E-state index in [1.54, 1.807) is 6.07 Å². The molecular formula is C20H20F2N2O. The van der Waals surface area contributed by atoms with Crippen LogP contribution >= 0.6 is 0 Å². The van der Waals surface area contributed by atoms with Gasteiger partial charge in [-0.2, -0.15) is 0 Å². The van der Waals surface area contributed by atoms with Crippen molar-refractivity contribution in [3.8, 4) is 0 Å². The van der Waals surface area contributed by atoms with Gasteiger partial charge in [0.15, 0.2) is 0 Å². The van der Waals surface area contributed by atoms with Gasteiger partial charge in [-0.15, -0.1) is 0 Å². The largest absolute Gasteiger partial charge is 0.323 e. The molecule has 1 N–H and O–H groups in total. The van der Waals surface area contributed by atoms with Crippen molar-refractivity contribution in [1.82, 2.24) is 4.90 Å². The maximum atomic E-state index is 13.5. The lowest BCUT2D eigenvalue weighted by atomic mass is 10.1. The average Bonchev–Trinajstić information content (AvgIpc) is 3.07. The van der Waals surface area contributed by atoms with E-state index in [2.05, 4.69) is 10.2 Å². The van der Waals surface area contributed by atoms with E-state index in [0.717, 1.165) is 49.5 Å². The minimum absolute atomic E-state index is 0.222. The molecule has 1 saturated heterocycles. The fourth-order valence-corrected chi connectivity index (χ4v) is 2.96. The number of benzene rings is 2. The van der Waals surface area contributed by atoms with E-state index in [1.165, 1.54) is 18.9 Å². The van der Waals surface area contributed by atoms with E-state index in [4.69, 9.17) is 0 Å². The van der Waals surface area contributed by atoms with Gasteiger partial charge in [0, 0.05) is 23.9 Å². The number of rotatable bonds is 5. The molecule has 1 aliphatic rings. The number of carbonyl (C=O) groups excluding carboxylic acids is 1. The number of anilines is 1. The molecule has 0 unspecified atom stereocenters. The predicted molar refractivity (Wildman–Crippen MR) is 95.0 cm³/mol. The number of halogens is 2. The highest BCUT2D eigenvalue weighted by Gasteiger charge is 2.12. The van der Waals surface area contributed by atoms with Gasteiger partial charge < -0.3 is 5.32 Å². The molecule has 0 aromatic heterocycles. The summed E-state index contributed by atoms with van der Waals surface area (Å²) in [7, 11) is 0. The van der Waals surface area contributed by atoms with Crippen LogP contribution in [-0.2, 0) is 11.3 Å². The van der Waals surface area contributed by atoms with E-state index < -0.39 is 17.5 Å². The van der Waals surface area contributed by atoms with Crippen LogP contribution in [0.1, 0.15) is 24.0 Å². The van der Waals surface area contributed by atoms with Gasteiger partial charge in [-0.25, -0.2) is 8.78 Å². The monoisotopic (exact) mass is 342 g/mol. The molecule has 1 aliphatic heterocycles. The van der Waals surface area contributed by atoms with Crippen molar-refractivity contribution < 1.29 is 13.6 Å². The van der Waals surface area contributed by atoms with Gasteiger partial charge in [0.2, 0.25) is 5.91 Å². The van der Waals surface area contributed by atoms with Crippen molar-refractivity contribution in [3.63, 3.8) is 0 Å². The molecule has 1 fully saturated rings. The number of nitrogens with zero attached hydrogens (tertiary/aromatic N) is 1. The Morgan fingerprint density at radius 3 is 2.48 bits per heavy atom. The molecule has 3 nitrogen and oxygen atoms in total. The number of likely N-dealkylation sites (tertiary alicyclic amines) is 1. The van der Waals surface area contributed by atoms with E-state index >= 15 is 0 Å². The SMILES string of the molecule is O=C(C=Cc1c(F)cccc1F)Nc1cccc(CN2CCCC2)c1. The van der Waals surface area contributed by atoms with Gasteiger partial charge in [0.25, 0.3) is 0 Å². The van der Waals surface area contributed by atoms with Gasteiger partial charge in [0.1, 0.15) is 11.6 Å². The molecule has 2 aromatic rings. The Hall–Kier alpha value is -2.53. The average molecular weight is 342 g/mol. The summed E-state index contributed by atoms with van der Waals surface area (Å²) in [5.74, 6) is -1.82. The van der Waals surface area contributed by atoms with E-state index in [9.17, 15) is 13.6 Å². The maximum Gasteiger partial charge on any atom is 0.248 e. The predicted octanol–water partition coefficient (Wildman–Crippen LogP) is 4.21. The Labute approximate surface area is 146 Å². The standard InChI is InChI=1S/C20H20F2N2O/c21-18-7-4-8-19(22)17(18)9-10-20(25)23-16-6-3-5-15(13-16)14-24-11-1-2-12-24/h3-10,13H,1-2,11-12,14H2,(H,23,25). The number of nitrogens with one attached hydrogen (secondary N) is 1. The molecule has 0 aliphatic carbocycles. The molecule has 0 spiro atoms. The van der Waals surface area contributed by atoms with Gasteiger partial charge >= 0.3 is 0 Å². The van der Waals surface area contributed by atoms with Gasteiger partial charge in [-0.3, -0.25) is 9.69 Å². The first-order valence-corrected chi connectivity index (χ1v) is 8.36. The van der Waals surface area contributed by atoms with E-state index in [1.807, 2.05) is 18.2 Å². The minimum Gasteiger partial charge on any atom is -0.323 e. The molecule has 25 heavy (non-hydrogen) atoms. The quantitative estimate of drug-likeness (QED) is 0.826. The molecule has 5 heteroatoms. The molecule has 0 radical (unpaired) electrons. The Kier molecular flexibility index (Phi) is 5.56. The summed E-state index contributed by atoms with van der Waals surface area (Å²) in [5, 5.41) is 2.73. The van der Waals surface area contributed by atoms with Crippen LogP contribution in [0.15, 0.2) is 48.5 Å². The third kappa shape index (κ3) is 4.73. The molecule has 2 aromatic carbocycles. The van der Waals surface area contributed by atoms with E-state index in [0.29, 0.717) is 5.69 Å². The van der Waals surface area contributed by atoms with Crippen LogP contribution in [0.3, 0.4) is 0 Å². The second kappa shape index (κ2) is 8.03. The van der Waals surface area contributed by atoms with Crippen molar-refractivity contribution in [2.75, 3.05) is 18.4 Å². The highest BCUT2D eigenvalue weighted by atomic mass is 19.1. The zero-order chi connectivity index (χ0) is 17.6. The highest BCUT2D eigenvalue weighted by molar-refractivity contribution is 6.02. The lowest BCUT2D eigenvalue weighted by molar-refractivity contribution is -0.111. The first-order valence-electron chi connectivity index (χ1n) is 8.36. The summed E-state index contributed by atoms with van der Waals surface area (Å²) in [6, 6.07) is 11.2. The van der Waals surface area contributed by atoms with Crippen LogP contribution in [0.4, 0.5) is 14.5 Å². The zero-order valence-electron chi connectivity index (χ0n) is 13.8. The van der Waals surface area contributed by atoms with Crippen molar-refractivity contribution in [2.24, 2.45) is 0 Å². The Morgan fingerprint density at radius 1 is 1.08 bits per heavy atom. The van der Waals surface area contributed by atoms with Gasteiger partial charge in [-0.1, -0.05) is 18.2 Å². The fourth-order valence-electron chi connectivity index (χ4n) is 2.96. The number of hydrogen-bond donors (Lipinski definition) is 1. The normalized spacial score (nSPS) is 15.0. The Balaban J connectivity index is 1.63. The fraction of sp³-hybridized carbons (Fsp3) is 0.250.